The average Bonchev–Trinajstić information content (AvgIpc) is 2.24. The van der Waals surface area contributed by atoms with Gasteiger partial charge in [-0.05, 0) is 60.2 Å². The third-order valence-electron chi connectivity index (χ3n) is 5.78. The van der Waals surface area contributed by atoms with Gasteiger partial charge in [0.25, 0.3) is 0 Å². The van der Waals surface area contributed by atoms with E-state index in [1.165, 1.54) is 25.7 Å². The molecule has 0 aromatic heterocycles. The molecule has 1 aliphatic carbocycles. The van der Waals surface area contributed by atoms with E-state index in [1.54, 1.807) is 0 Å². The van der Waals surface area contributed by atoms with Crippen LogP contribution in [-0.4, -0.2) is 0 Å². The molecule has 0 aromatic rings. The van der Waals surface area contributed by atoms with Crippen molar-refractivity contribution in [2.75, 3.05) is 0 Å². The summed E-state index contributed by atoms with van der Waals surface area (Å²) in [5.74, 6) is 5.43. The molecular formula is C19H38. The third-order valence-corrected chi connectivity index (χ3v) is 5.78. The van der Waals surface area contributed by atoms with E-state index >= 15 is 0 Å². The Bertz CT molecular complexity index is 255. The van der Waals surface area contributed by atoms with E-state index in [0.29, 0.717) is 5.41 Å². The van der Waals surface area contributed by atoms with Crippen molar-refractivity contribution in [2.24, 2.45) is 40.9 Å². The Morgan fingerprint density at radius 3 is 1.84 bits per heavy atom. The minimum atomic E-state index is 0.625. The fourth-order valence-electron chi connectivity index (χ4n) is 4.82. The average molecular weight is 267 g/mol. The molecule has 4 atom stereocenters. The zero-order chi connectivity index (χ0) is 14.8. The molecule has 0 aliphatic heterocycles. The maximum atomic E-state index is 2.55. The van der Waals surface area contributed by atoms with Crippen LogP contribution in [0.25, 0.3) is 0 Å². The molecule has 0 saturated heterocycles. The smallest absolute Gasteiger partial charge is 0.0334 e. The number of hydrogen-bond acceptors (Lipinski definition) is 0. The van der Waals surface area contributed by atoms with Gasteiger partial charge < -0.3 is 0 Å². The molecule has 19 heavy (non-hydrogen) atoms. The zero-order valence-electron chi connectivity index (χ0n) is 14.8. The molecule has 0 amide bonds. The number of rotatable bonds is 7. The second-order valence-electron chi connectivity index (χ2n) is 8.76. The third kappa shape index (κ3) is 4.50. The highest BCUT2D eigenvalue weighted by Gasteiger charge is 2.43. The van der Waals surface area contributed by atoms with Crippen molar-refractivity contribution < 1.29 is 0 Å². The first-order valence-corrected chi connectivity index (χ1v) is 8.68. The van der Waals surface area contributed by atoms with Crippen molar-refractivity contribution in [3.63, 3.8) is 0 Å². The lowest BCUT2D eigenvalue weighted by atomic mass is 9.56. The monoisotopic (exact) mass is 266 g/mol. The van der Waals surface area contributed by atoms with E-state index < -0.39 is 0 Å². The molecule has 1 rings (SSSR count). The first-order chi connectivity index (χ1) is 8.68. The summed E-state index contributed by atoms with van der Waals surface area (Å²) in [5.41, 5.74) is 0.625. The van der Waals surface area contributed by atoms with Crippen molar-refractivity contribution in [1.29, 1.82) is 0 Å². The van der Waals surface area contributed by atoms with Crippen LogP contribution in [-0.2, 0) is 0 Å². The minimum absolute atomic E-state index is 0.625. The van der Waals surface area contributed by atoms with Crippen molar-refractivity contribution in [3.8, 4) is 0 Å². The molecule has 0 bridgehead atoms. The van der Waals surface area contributed by atoms with E-state index in [4.69, 9.17) is 0 Å². The van der Waals surface area contributed by atoms with Crippen LogP contribution < -0.4 is 0 Å². The molecule has 4 unspecified atom stereocenters. The van der Waals surface area contributed by atoms with Gasteiger partial charge in [-0.2, -0.15) is 0 Å². The molecule has 0 N–H and O–H groups in total. The molecular weight excluding hydrogens is 228 g/mol. The zero-order valence-corrected chi connectivity index (χ0v) is 14.8. The molecule has 1 aliphatic rings. The lowest BCUT2D eigenvalue weighted by molar-refractivity contribution is 0.000866. The minimum Gasteiger partial charge on any atom is -0.0651 e. The summed E-state index contributed by atoms with van der Waals surface area (Å²) in [6, 6.07) is 0. The lowest BCUT2D eigenvalue weighted by Gasteiger charge is -2.50. The first kappa shape index (κ1) is 17.1. The van der Waals surface area contributed by atoms with Gasteiger partial charge in [0.2, 0.25) is 0 Å². The Labute approximate surface area is 122 Å². The van der Waals surface area contributed by atoms with Crippen LogP contribution in [0.3, 0.4) is 0 Å². The normalized spacial score (nSPS) is 25.7. The fourth-order valence-corrected chi connectivity index (χ4v) is 4.82. The van der Waals surface area contributed by atoms with Crippen molar-refractivity contribution in [1.82, 2.24) is 0 Å². The van der Waals surface area contributed by atoms with Crippen LogP contribution in [0.1, 0.15) is 81.1 Å². The summed E-state index contributed by atoms with van der Waals surface area (Å²) in [7, 11) is 0. The van der Waals surface area contributed by atoms with Gasteiger partial charge in [0.05, 0.1) is 0 Å². The van der Waals surface area contributed by atoms with Gasteiger partial charge in [-0.25, -0.2) is 0 Å². The van der Waals surface area contributed by atoms with Crippen LogP contribution in [0.15, 0.2) is 0 Å². The van der Waals surface area contributed by atoms with E-state index in [1.807, 2.05) is 0 Å². The highest BCUT2D eigenvalue weighted by Crippen LogP contribution is 2.52. The summed E-state index contributed by atoms with van der Waals surface area (Å²) >= 11 is 0. The second-order valence-corrected chi connectivity index (χ2v) is 8.76. The van der Waals surface area contributed by atoms with Gasteiger partial charge in [0.1, 0.15) is 0 Å². The maximum absolute atomic E-state index is 2.55. The van der Waals surface area contributed by atoms with E-state index in [-0.39, 0.29) is 0 Å². The van der Waals surface area contributed by atoms with Crippen molar-refractivity contribution in [3.05, 3.63) is 0 Å². The molecule has 0 nitrogen and oxygen atoms in total. The van der Waals surface area contributed by atoms with Crippen LogP contribution in [0.4, 0.5) is 0 Å². The summed E-state index contributed by atoms with van der Waals surface area (Å²) in [4.78, 5) is 0. The summed E-state index contributed by atoms with van der Waals surface area (Å²) in [5, 5.41) is 0. The molecule has 0 radical (unpaired) electrons. The molecule has 114 valence electrons. The molecule has 1 saturated carbocycles. The highest BCUT2D eigenvalue weighted by molar-refractivity contribution is 4.92. The Kier molecular flexibility index (Phi) is 5.96. The van der Waals surface area contributed by atoms with Crippen LogP contribution in [0.5, 0.6) is 0 Å². The van der Waals surface area contributed by atoms with Gasteiger partial charge in [0, 0.05) is 0 Å². The first-order valence-electron chi connectivity index (χ1n) is 8.68. The van der Waals surface area contributed by atoms with Gasteiger partial charge in [0.15, 0.2) is 0 Å². The van der Waals surface area contributed by atoms with Gasteiger partial charge in [-0.3, -0.25) is 0 Å². The van der Waals surface area contributed by atoms with Crippen molar-refractivity contribution in [2.45, 2.75) is 81.1 Å². The predicted molar refractivity (Wildman–Crippen MR) is 87.2 cm³/mol. The Balaban J connectivity index is 2.68. The molecule has 0 heterocycles. The van der Waals surface area contributed by atoms with Crippen molar-refractivity contribution >= 4 is 0 Å². The molecule has 0 spiro atoms. The van der Waals surface area contributed by atoms with Gasteiger partial charge in [-0.1, -0.05) is 61.8 Å². The lowest BCUT2D eigenvalue weighted by Crippen LogP contribution is -2.41. The Morgan fingerprint density at radius 1 is 0.947 bits per heavy atom. The Morgan fingerprint density at radius 2 is 1.47 bits per heavy atom. The molecule has 1 fully saturated rings. The molecule has 0 aromatic carbocycles. The van der Waals surface area contributed by atoms with Gasteiger partial charge in [-0.15, -0.1) is 0 Å². The fraction of sp³-hybridized carbons (Fsp3) is 1.00. The summed E-state index contributed by atoms with van der Waals surface area (Å²) < 4.78 is 0. The van der Waals surface area contributed by atoms with Crippen LogP contribution >= 0.6 is 0 Å². The van der Waals surface area contributed by atoms with E-state index in [9.17, 15) is 0 Å². The highest BCUT2D eigenvalue weighted by atomic mass is 14.5. The van der Waals surface area contributed by atoms with Crippen LogP contribution in [0.2, 0.25) is 0 Å². The second kappa shape index (κ2) is 6.64. The Hall–Kier alpha value is 0. The summed E-state index contributed by atoms with van der Waals surface area (Å²) in [6.07, 6.45) is 5.65. The van der Waals surface area contributed by atoms with Crippen LogP contribution in [0, 0.1) is 40.9 Å². The quantitative estimate of drug-likeness (QED) is 0.500. The van der Waals surface area contributed by atoms with E-state index in [0.717, 1.165) is 35.5 Å². The topological polar surface area (TPSA) is 0 Å². The largest absolute Gasteiger partial charge is 0.0651 e. The SMILES string of the molecule is CCC(C)C(C(C)CC(C)C)C(C)C1CC(C)(C)C1. The molecule has 0 heteroatoms. The predicted octanol–water partition coefficient (Wildman–Crippen LogP) is 6.40. The maximum Gasteiger partial charge on any atom is -0.0334 e. The standard InChI is InChI=1S/C19H38/c1-9-14(4)18(15(5)10-13(2)3)16(6)17-11-19(7,8)12-17/h13-18H,9-12H2,1-8H3. The number of hydrogen-bond donors (Lipinski definition) is 0. The summed E-state index contributed by atoms with van der Waals surface area (Å²) in [6.45, 7) is 19.5. The van der Waals surface area contributed by atoms with Gasteiger partial charge >= 0.3 is 0 Å². The van der Waals surface area contributed by atoms with E-state index in [2.05, 4.69) is 55.4 Å².